The molecule has 0 aromatic heterocycles. The van der Waals surface area contributed by atoms with Crippen LogP contribution in [0.3, 0.4) is 0 Å². The molecule has 0 unspecified atom stereocenters. The molecule has 4 nitrogen and oxygen atoms in total. The summed E-state index contributed by atoms with van der Waals surface area (Å²) >= 11 is 1.95. The van der Waals surface area contributed by atoms with Crippen LogP contribution in [0.15, 0.2) is 0 Å². The van der Waals surface area contributed by atoms with E-state index in [2.05, 4.69) is 16.9 Å². The molecule has 2 aliphatic rings. The van der Waals surface area contributed by atoms with E-state index < -0.39 is 0 Å². The third-order valence-electron chi connectivity index (χ3n) is 4.11. The molecule has 0 atom stereocenters. The van der Waals surface area contributed by atoms with Crippen molar-refractivity contribution in [3.05, 3.63) is 0 Å². The molecule has 1 saturated carbocycles. The Morgan fingerprint density at radius 2 is 1.89 bits per heavy atom. The quantitative estimate of drug-likeness (QED) is 0.805. The summed E-state index contributed by atoms with van der Waals surface area (Å²) in [6.45, 7) is 2.24. The van der Waals surface area contributed by atoms with Gasteiger partial charge in [0, 0.05) is 11.3 Å². The van der Waals surface area contributed by atoms with Crippen molar-refractivity contribution in [1.82, 2.24) is 10.6 Å². The highest BCUT2D eigenvalue weighted by Gasteiger charge is 2.22. The molecule has 1 heterocycles. The average molecular weight is 286 g/mol. The Morgan fingerprint density at radius 3 is 2.53 bits per heavy atom. The first-order chi connectivity index (χ1) is 9.28. The van der Waals surface area contributed by atoms with E-state index in [1.165, 1.54) is 12.8 Å². The highest BCUT2D eigenvalue weighted by Crippen LogP contribution is 2.26. The van der Waals surface area contributed by atoms with Crippen molar-refractivity contribution in [2.45, 2.75) is 55.9 Å². The van der Waals surface area contributed by atoms with Crippen molar-refractivity contribution in [2.24, 2.45) is 0 Å². The Morgan fingerprint density at radius 1 is 1.21 bits per heavy atom. The first-order valence-electron chi connectivity index (χ1n) is 7.42. The van der Waals surface area contributed by atoms with Gasteiger partial charge in [0.15, 0.2) is 0 Å². The zero-order chi connectivity index (χ0) is 13.5. The lowest BCUT2D eigenvalue weighted by atomic mass is 9.95. The number of carbonyl (C=O) groups is 1. The molecule has 1 aliphatic heterocycles. The van der Waals surface area contributed by atoms with Gasteiger partial charge in [0.05, 0.1) is 6.10 Å². The second kappa shape index (κ2) is 8.12. The van der Waals surface area contributed by atoms with Crippen LogP contribution in [0.2, 0.25) is 0 Å². The van der Waals surface area contributed by atoms with E-state index in [0.717, 1.165) is 44.0 Å². The summed E-state index contributed by atoms with van der Waals surface area (Å²) in [5.41, 5.74) is 0. The third-order valence-corrected chi connectivity index (χ3v) is 5.25. The minimum atomic E-state index is 0.0612. The summed E-state index contributed by atoms with van der Waals surface area (Å²) in [4.78, 5) is 11.8. The van der Waals surface area contributed by atoms with Crippen molar-refractivity contribution in [3.63, 3.8) is 0 Å². The zero-order valence-electron chi connectivity index (χ0n) is 11.8. The molecule has 1 aliphatic carbocycles. The predicted molar refractivity (Wildman–Crippen MR) is 79.5 cm³/mol. The molecular weight excluding hydrogens is 260 g/mol. The van der Waals surface area contributed by atoms with Crippen LogP contribution >= 0.6 is 11.8 Å². The molecule has 0 bridgehead atoms. The minimum Gasteiger partial charge on any atom is -0.368 e. The monoisotopic (exact) mass is 286 g/mol. The molecule has 1 saturated heterocycles. The number of piperidine rings is 1. The normalized spacial score (nSPS) is 29.1. The number of ether oxygens (including phenoxy) is 1. The minimum absolute atomic E-state index is 0.0612. The number of thioether (sulfide) groups is 1. The first kappa shape index (κ1) is 15.1. The number of nitrogens with one attached hydrogen (secondary N) is 2. The SMILES string of the molecule is CSC1CCC(NC(=O)COC2CCNCC2)CC1. The second-order valence-corrected chi connectivity index (χ2v) is 6.68. The van der Waals surface area contributed by atoms with Crippen molar-refractivity contribution < 1.29 is 9.53 Å². The molecular formula is C14H26N2O2S. The number of rotatable bonds is 5. The number of amides is 1. The van der Waals surface area contributed by atoms with E-state index >= 15 is 0 Å². The van der Waals surface area contributed by atoms with Crippen LogP contribution in [0.4, 0.5) is 0 Å². The Labute approximate surface area is 120 Å². The van der Waals surface area contributed by atoms with Gasteiger partial charge in [-0.25, -0.2) is 0 Å². The van der Waals surface area contributed by atoms with Crippen LogP contribution in [-0.2, 0) is 9.53 Å². The molecule has 2 fully saturated rings. The molecule has 0 radical (unpaired) electrons. The fourth-order valence-electron chi connectivity index (χ4n) is 2.87. The van der Waals surface area contributed by atoms with E-state index in [0.29, 0.717) is 6.04 Å². The number of hydrogen-bond acceptors (Lipinski definition) is 4. The summed E-state index contributed by atoms with van der Waals surface area (Å²) in [7, 11) is 0. The lowest BCUT2D eigenvalue weighted by Crippen LogP contribution is -2.41. The predicted octanol–water partition coefficient (Wildman–Crippen LogP) is 1.55. The van der Waals surface area contributed by atoms with Crippen LogP contribution < -0.4 is 10.6 Å². The molecule has 2 rings (SSSR count). The van der Waals surface area contributed by atoms with Gasteiger partial charge in [0.25, 0.3) is 0 Å². The van der Waals surface area contributed by atoms with Gasteiger partial charge in [0.2, 0.25) is 5.91 Å². The molecule has 0 aromatic rings. The molecule has 0 spiro atoms. The Kier molecular flexibility index (Phi) is 6.47. The topological polar surface area (TPSA) is 50.4 Å². The van der Waals surface area contributed by atoms with E-state index in [1.807, 2.05) is 11.8 Å². The van der Waals surface area contributed by atoms with Crippen LogP contribution in [0, 0.1) is 0 Å². The molecule has 19 heavy (non-hydrogen) atoms. The lowest BCUT2D eigenvalue weighted by Gasteiger charge is -2.28. The molecule has 1 amide bonds. The van der Waals surface area contributed by atoms with Gasteiger partial charge in [-0.2, -0.15) is 11.8 Å². The van der Waals surface area contributed by atoms with Crippen LogP contribution in [0.1, 0.15) is 38.5 Å². The van der Waals surface area contributed by atoms with Gasteiger partial charge in [0.1, 0.15) is 6.61 Å². The maximum absolute atomic E-state index is 11.8. The van der Waals surface area contributed by atoms with Crippen molar-refractivity contribution >= 4 is 17.7 Å². The summed E-state index contributed by atoms with van der Waals surface area (Å²) in [6.07, 6.45) is 9.16. The summed E-state index contributed by atoms with van der Waals surface area (Å²) in [5, 5.41) is 7.20. The zero-order valence-corrected chi connectivity index (χ0v) is 12.6. The van der Waals surface area contributed by atoms with Gasteiger partial charge in [-0.15, -0.1) is 0 Å². The molecule has 2 N–H and O–H groups in total. The number of carbonyl (C=O) groups excluding carboxylic acids is 1. The van der Waals surface area contributed by atoms with Gasteiger partial charge in [-0.05, 0) is 57.9 Å². The molecule has 110 valence electrons. The van der Waals surface area contributed by atoms with Gasteiger partial charge < -0.3 is 15.4 Å². The Hall–Kier alpha value is -0.260. The fourth-order valence-corrected chi connectivity index (χ4v) is 3.61. The van der Waals surface area contributed by atoms with Crippen molar-refractivity contribution in [3.8, 4) is 0 Å². The fraction of sp³-hybridized carbons (Fsp3) is 0.929. The first-order valence-corrected chi connectivity index (χ1v) is 8.71. The van der Waals surface area contributed by atoms with E-state index in [9.17, 15) is 4.79 Å². The van der Waals surface area contributed by atoms with Crippen LogP contribution in [-0.4, -0.2) is 49.3 Å². The van der Waals surface area contributed by atoms with Gasteiger partial charge in [-0.3, -0.25) is 4.79 Å². The molecule has 0 aromatic carbocycles. The van der Waals surface area contributed by atoms with Crippen molar-refractivity contribution in [2.75, 3.05) is 26.0 Å². The number of hydrogen-bond donors (Lipinski definition) is 2. The molecule has 5 heteroatoms. The highest BCUT2D eigenvalue weighted by molar-refractivity contribution is 7.99. The smallest absolute Gasteiger partial charge is 0.246 e. The Balaban J connectivity index is 1.59. The summed E-state index contributed by atoms with van der Waals surface area (Å²) in [6, 6.07) is 0.368. The largest absolute Gasteiger partial charge is 0.368 e. The standard InChI is InChI=1S/C14H26N2O2S/c1-19-13-4-2-11(3-5-13)16-14(17)10-18-12-6-8-15-9-7-12/h11-13,15H,2-10H2,1H3,(H,16,17). The third kappa shape index (κ3) is 5.32. The lowest BCUT2D eigenvalue weighted by molar-refractivity contribution is -0.129. The van der Waals surface area contributed by atoms with E-state index in [4.69, 9.17) is 4.74 Å². The van der Waals surface area contributed by atoms with E-state index in [1.54, 1.807) is 0 Å². The van der Waals surface area contributed by atoms with Crippen molar-refractivity contribution in [1.29, 1.82) is 0 Å². The summed E-state index contributed by atoms with van der Waals surface area (Å²) < 4.78 is 5.67. The van der Waals surface area contributed by atoms with Crippen LogP contribution in [0.5, 0.6) is 0 Å². The Bertz CT molecular complexity index is 275. The maximum Gasteiger partial charge on any atom is 0.246 e. The van der Waals surface area contributed by atoms with E-state index in [-0.39, 0.29) is 18.6 Å². The highest BCUT2D eigenvalue weighted by atomic mass is 32.2. The maximum atomic E-state index is 11.8. The second-order valence-electron chi connectivity index (χ2n) is 5.54. The summed E-state index contributed by atoms with van der Waals surface area (Å²) in [5.74, 6) is 0.0612. The van der Waals surface area contributed by atoms with Crippen LogP contribution in [0.25, 0.3) is 0 Å². The average Bonchev–Trinajstić information content (AvgIpc) is 2.47. The van der Waals surface area contributed by atoms with Gasteiger partial charge in [-0.1, -0.05) is 0 Å². The van der Waals surface area contributed by atoms with Gasteiger partial charge >= 0.3 is 0 Å².